The Kier molecular flexibility index (Phi) is 3.94. The molecule has 0 aliphatic rings. The predicted molar refractivity (Wildman–Crippen MR) is 73.0 cm³/mol. The van der Waals surface area contributed by atoms with E-state index >= 15 is 0 Å². The maximum Gasteiger partial charge on any atom is 0.192 e. The molecule has 0 N–H and O–H groups in total. The van der Waals surface area contributed by atoms with Crippen LogP contribution in [-0.2, 0) is 5.11 Å². The van der Waals surface area contributed by atoms with Crippen molar-refractivity contribution in [2.24, 2.45) is 0 Å². The van der Waals surface area contributed by atoms with Crippen molar-refractivity contribution in [2.45, 2.75) is 9.67 Å². The van der Waals surface area contributed by atoms with Crippen LogP contribution in [0.1, 0.15) is 20.8 Å². The standard InChI is InChI=1S/C12H7Cl4O/c13-11(14)8-5-6-3-1-2-4-7(6)10(17)9(8)12(15)16/h1-5,11-12H. The van der Waals surface area contributed by atoms with Gasteiger partial charge in [-0.25, -0.2) is 0 Å². The molecule has 0 spiro atoms. The van der Waals surface area contributed by atoms with Gasteiger partial charge in [-0.15, -0.1) is 23.2 Å². The molecular formula is C12H7Cl4O. The van der Waals surface area contributed by atoms with Crippen molar-refractivity contribution >= 4 is 57.2 Å². The minimum Gasteiger partial charge on any atom is -0.289 e. The summed E-state index contributed by atoms with van der Waals surface area (Å²) in [7, 11) is 0. The number of hydrogen-bond acceptors (Lipinski definition) is 0. The molecular weight excluding hydrogens is 302 g/mol. The van der Waals surface area contributed by atoms with E-state index in [9.17, 15) is 5.11 Å². The molecule has 2 rings (SSSR count). The van der Waals surface area contributed by atoms with E-state index in [1.165, 1.54) is 0 Å². The van der Waals surface area contributed by atoms with Gasteiger partial charge < -0.3 is 0 Å². The molecule has 1 radical (unpaired) electrons. The predicted octanol–water partition coefficient (Wildman–Crippen LogP) is 5.94. The summed E-state index contributed by atoms with van der Waals surface area (Å²) in [5.41, 5.74) is 0.717. The molecule has 89 valence electrons. The number of rotatable bonds is 2. The van der Waals surface area contributed by atoms with Crippen molar-refractivity contribution in [2.75, 3.05) is 0 Å². The third-order valence-corrected chi connectivity index (χ3v) is 3.43. The van der Waals surface area contributed by atoms with Crippen molar-refractivity contribution in [3.63, 3.8) is 0 Å². The summed E-state index contributed by atoms with van der Waals surface area (Å²) in [6.45, 7) is 0. The number of halogens is 4. The Morgan fingerprint density at radius 3 is 2.18 bits per heavy atom. The van der Waals surface area contributed by atoms with Crippen LogP contribution in [0.15, 0.2) is 30.3 Å². The van der Waals surface area contributed by atoms with Gasteiger partial charge in [0.25, 0.3) is 0 Å². The van der Waals surface area contributed by atoms with Gasteiger partial charge in [0.05, 0.1) is 0 Å². The van der Waals surface area contributed by atoms with Crippen LogP contribution in [0.3, 0.4) is 0 Å². The second-order valence-corrected chi connectivity index (χ2v) is 5.72. The Morgan fingerprint density at radius 1 is 0.941 bits per heavy atom. The van der Waals surface area contributed by atoms with Gasteiger partial charge in [-0.05, 0) is 17.0 Å². The molecule has 5 heteroatoms. The lowest BCUT2D eigenvalue weighted by Crippen LogP contribution is -1.94. The number of fused-ring (bicyclic) bond motifs is 1. The molecule has 0 saturated carbocycles. The summed E-state index contributed by atoms with van der Waals surface area (Å²) >= 11 is 23.3. The maximum atomic E-state index is 12.2. The van der Waals surface area contributed by atoms with Crippen molar-refractivity contribution in [3.05, 3.63) is 41.5 Å². The van der Waals surface area contributed by atoms with E-state index in [2.05, 4.69) is 0 Å². The van der Waals surface area contributed by atoms with Gasteiger partial charge >= 0.3 is 0 Å². The summed E-state index contributed by atoms with van der Waals surface area (Å²) in [5.74, 6) is -0.223. The zero-order chi connectivity index (χ0) is 12.6. The Morgan fingerprint density at radius 2 is 1.59 bits per heavy atom. The highest BCUT2D eigenvalue weighted by Crippen LogP contribution is 2.44. The average Bonchev–Trinajstić information content (AvgIpc) is 2.28. The largest absolute Gasteiger partial charge is 0.289 e. The van der Waals surface area contributed by atoms with Gasteiger partial charge in [0.15, 0.2) is 5.75 Å². The highest BCUT2D eigenvalue weighted by molar-refractivity contribution is 6.46. The van der Waals surface area contributed by atoms with Crippen LogP contribution < -0.4 is 0 Å². The molecule has 0 aliphatic carbocycles. The van der Waals surface area contributed by atoms with Gasteiger partial charge in [-0.1, -0.05) is 47.5 Å². The number of hydrogen-bond donors (Lipinski definition) is 0. The lowest BCUT2D eigenvalue weighted by atomic mass is 10.0. The molecule has 0 atom stereocenters. The fraction of sp³-hybridized carbons (Fsp3) is 0.167. The smallest absolute Gasteiger partial charge is 0.192 e. The Bertz CT molecular complexity index is 551. The van der Waals surface area contributed by atoms with E-state index in [1.54, 1.807) is 18.2 Å². The normalized spacial score (nSPS) is 11.6. The van der Waals surface area contributed by atoms with Gasteiger partial charge in [0.1, 0.15) is 9.67 Å². The average molecular weight is 309 g/mol. The molecule has 0 saturated heterocycles. The molecule has 1 nitrogen and oxygen atoms in total. The van der Waals surface area contributed by atoms with Crippen LogP contribution in [0.5, 0.6) is 5.75 Å². The molecule has 0 aromatic heterocycles. The maximum absolute atomic E-state index is 12.2. The van der Waals surface area contributed by atoms with E-state index in [0.29, 0.717) is 10.9 Å². The third kappa shape index (κ3) is 2.43. The zero-order valence-corrected chi connectivity index (χ0v) is 11.5. The number of benzene rings is 2. The minimum absolute atomic E-state index is 0.223. The second-order valence-electron chi connectivity index (χ2n) is 3.53. The summed E-state index contributed by atoms with van der Waals surface area (Å²) < 4.78 is 0. The Hall–Kier alpha value is -0.340. The molecule has 0 heterocycles. The van der Waals surface area contributed by atoms with Crippen molar-refractivity contribution < 1.29 is 5.11 Å². The van der Waals surface area contributed by atoms with Crippen LogP contribution in [-0.4, -0.2) is 0 Å². The summed E-state index contributed by atoms with van der Waals surface area (Å²) in [6.07, 6.45) is 0. The molecule has 0 amide bonds. The van der Waals surface area contributed by atoms with Crippen LogP contribution in [0.4, 0.5) is 0 Å². The summed E-state index contributed by atoms with van der Waals surface area (Å²) in [4.78, 5) is -1.77. The second kappa shape index (κ2) is 5.11. The van der Waals surface area contributed by atoms with Gasteiger partial charge in [0, 0.05) is 10.9 Å². The van der Waals surface area contributed by atoms with E-state index in [1.807, 2.05) is 12.1 Å². The summed E-state index contributed by atoms with van der Waals surface area (Å²) in [5, 5.41) is 13.5. The highest BCUT2D eigenvalue weighted by Gasteiger charge is 2.22. The SMILES string of the molecule is [O]c1c(C(Cl)Cl)c(C(Cl)Cl)cc2ccccc12. The van der Waals surface area contributed by atoms with Gasteiger partial charge in [-0.3, -0.25) is 5.11 Å². The quantitative estimate of drug-likeness (QED) is 0.612. The highest BCUT2D eigenvalue weighted by atomic mass is 35.5. The lowest BCUT2D eigenvalue weighted by Gasteiger charge is -2.14. The van der Waals surface area contributed by atoms with Crippen LogP contribution in [0.25, 0.3) is 10.8 Å². The zero-order valence-electron chi connectivity index (χ0n) is 8.46. The third-order valence-electron chi connectivity index (χ3n) is 2.53. The van der Waals surface area contributed by atoms with E-state index in [0.717, 1.165) is 5.39 Å². The summed E-state index contributed by atoms with van der Waals surface area (Å²) in [6, 6.07) is 8.90. The molecule has 17 heavy (non-hydrogen) atoms. The van der Waals surface area contributed by atoms with Crippen molar-refractivity contribution in [1.29, 1.82) is 0 Å². The molecule has 0 aliphatic heterocycles. The number of alkyl halides is 4. The first-order valence-corrected chi connectivity index (χ1v) is 6.55. The van der Waals surface area contributed by atoms with Crippen molar-refractivity contribution in [3.8, 4) is 5.75 Å². The van der Waals surface area contributed by atoms with Crippen LogP contribution in [0.2, 0.25) is 0 Å². The van der Waals surface area contributed by atoms with E-state index in [4.69, 9.17) is 46.4 Å². The first kappa shape index (κ1) is 13.1. The fourth-order valence-corrected chi connectivity index (χ4v) is 2.57. The first-order valence-electron chi connectivity index (χ1n) is 4.81. The fourth-order valence-electron chi connectivity index (χ4n) is 1.76. The van der Waals surface area contributed by atoms with Crippen LogP contribution in [0, 0.1) is 0 Å². The topological polar surface area (TPSA) is 19.9 Å². The Labute approximate surface area is 119 Å². The van der Waals surface area contributed by atoms with E-state index in [-0.39, 0.29) is 11.3 Å². The minimum atomic E-state index is -0.942. The molecule has 0 unspecified atom stereocenters. The van der Waals surface area contributed by atoms with Gasteiger partial charge in [-0.2, -0.15) is 0 Å². The van der Waals surface area contributed by atoms with Crippen molar-refractivity contribution in [1.82, 2.24) is 0 Å². The van der Waals surface area contributed by atoms with Gasteiger partial charge in [0.2, 0.25) is 0 Å². The molecule has 0 fully saturated rings. The molecule has 2 aromatic carbocycles. The Balaban J connectivity index is 2.84. The van der Waals surface area contributed by atoms with E-state index < -0.39 is 9.67 Å². The monoisotopic (exact) mass is 307 g/mol. The molecule has 0 bridgehead atoms. The van der Waals surface area contributed by atoms with Crippen LogP contribution >= 0.6 is 46.4 Å². The molecule has 2 aromatic rings. The lowest BCUT2D eigenvalue weighted by molar-refractivity contribution is 0.356. The first-order chi connectivity index (χ1) is 8.02.